The first-order chi connectivity index (χ1) is 6.40. The minimum atomic E-state index is 0.766. The standard InChI is InChI=1S/C9H8BrN3/c10-7-8-6-9(2-4-11-8)13-5-1-3-12-13/h1-6H,7H2. The van der Waals surface area contributed by atoms with Crippen LogP contribution in [0.3, 0.4) is 0 Å². The molecule has 2 aromatic rings. The van der Waals surface area contributed by atoms with Crippen molar-refractivity contribution >= 4 is 15.9 Å². The molecule has 0 aromatic carbocycles. The molecule has 2 heterocycles. The van der Waals surface area contributed by atoms with Crippen LogP contribution >= 0.6 is 15.9 Å². The molecule has 0 saturated heterocycles. The van der Waals surface area contributed by atoms with Crippen molar-refractivity contribution < 1.29 is 0 Å². The van der Waals surface area contributed by atoms with Crippen LogP contribution in [-0.4, -0.2) is 14.8 Å². The minimum absolute atomic E-state index is 0.766. The number of nitrogens with zero attached hydrogens (tertiary/aromatic N) is 3. The van der Waals surface area contributed by atoms with E-state index in [9.17, 15) is 0 Å². The van der Waals surface area contributed by atoms with Crippen LogP contribution in [0.4, 0.5) is 0 Å². The molecule has 3 nitrogen and oxygen atoms in total. The van der Waals surface area contributed by atoms with E-state index in [1.165, 1.54) is 0 Å². The van der Waals surface area contributed by atoms with Crippen LogP contribution in [0.15, 0.2) is 36.8 Å². The van der Waals surface area contributed by atoms with Gasteiger partial charge in [-0.25, -0.2) is 4.68 Å². The summed E-state index contributed by atoms with van der Waals surface area (Å²) in [7, 11) is 0. The quantitative estimate of drug-likeness (QED) is 0.750. The van der Waals surface area contributed by atoms with E-state index in [4.69, 9.17) is 0 Å². The lowest BCUT2D eigenvalue weighted by Gasteiger charge is -2.01. The Kier molecular flexibility index (Phi) is 2.40. The topological polar surface area (TPSA) is 30.7 Å². The Morgan fingerprint density at radius 3 is 3.00 bits per heavy atom. The summed E-state index contributed by atoms with van der Waals surface area (Å²) in [6.07, 6.45) is 5.45. The zero-order valence-electron chi connectivity index (χ0n) is 6.89. The van der Waals surface area contributed by atoms with Crippen LogP contribution < -0.4 is 0 Å². The normalized spacial score (nSPS) is 10.2. The number of hydrogen-bond donors (Lipinski definition) is 0. The van der Waals surface area contributed by atoms with Gasteiger partial charge in [-0.3, -0.25) is 4.98 Å². The van der Waals surface area contributed by atoms with E-state index in [0.717, 1.165) is 16.7 Å². The fourth-order valence-electron chi connectivity index (χ4n) is 1.10. The Hall–Kier alpha value is -1.16. The monoisotopic (exact) mass is 237 g/mol. The highest BCUT2D eigenvalue weighted by atomic mass is 79.9. The van der Waals surface area contributed by atoms with E-state index in [2.05, 4.69) is 26.0 Å². The van der Waals surface area contributed by atoms with Crippen molar-refractivity contribution in [3.05, 3.63) is 42.5 Å². The summed E-state index contributed by atoms with van der Waals surface area (Å²) in [5, 5.41) is 4.90. The molecule has 0 radical (unpaired) electrons. The van der Waals surface area contributed by atoms with Gasteiger partial charge in [-0.05, 0) is 18.2 Å². The van der Waals surface area contributed by atoms with Gasteiger partial charge in [-0.15, -0.1) is 0 Å². The van der Waals surface area contributed by atoms with Crippen molar-refractivity contribution in [1.29, 1.82) is 0 Å². The van der Waals surface area contributed by atoms with Crippen molar-refractivity contribution in [3.8, 4) is 5.69 Å². The van der Waals surface area contributed by atoms with E-state index in [1.807, 2.05) is 29.1 Å². The predicted molar refractivity (Wildman–Crippen MR) is 54.0 cm³/mol. The molecule has 2 aromatic heterocycles. The second kappa shape index (κ2) is 3.70. The Morgan fingerprint density at radius 1 is 1.38 bits per heavy atom. The highest BCUT2D eigenvalue weighted by Gasteiger charge is 1.97. The number of halogens is 1. The molecule has 0 saturated carbocycles. The largest absolute Gasteiger partial charge is 0.260 e. The summed E-state index contributed by atoms with van der Waals surface area (Å²) in [4.78, 5) is 4.18. The van der Waals surface area contributed by atoms with Crippen LogP contribution in [-0.2, 0) is 5.33 Å². The van der Waals surface area contributed by atoms with Gasteiger partial charge < -0.3 is 0 Å². The Labute approximate surface area is 84.5 Å². The summed E-state index contributed by atoms with van der Waals surface area (Å²) in [5.41, 5.74) is 2.04. The fourth-order valence-corrected chi connectivity index (χ4v) is 1.41. The first-order valence-corrected chi connectivity index (χ1v) is 5.03. The van der Waals surface area contributed by atoms with Crippen LogP contribution in [0, 0.1) is 0 Å². The third-order valence-electron chi connectivity index (χ3n) is 1.71. The summed E-state index contributed by atoms with van der Waals surface area (Å²) in [6.45, 7) is 0. The average molecular weight is 238 g/mol. The molecule has 0 aliphatic carbocycles. The molecule has 2 rings (SSSR count). The highest BCUT2D eigenvalue weighted by molar-refractivity contribution is 9.08. The summed E-state index contributed by atoms with van der Waals surface area (Å²) in [6, 6.07) is 5.83. The van der Waals surface area contributed by atoms with Crippen molar-refractivity contribution in [2.45, 2.75) is 5.33 Å². The van der Waals surface area contributed by atoms with Gasteiger partial charge in [0, 0.05) is 23.9 Å². The van der Waals surface area contributed by atoms with Crippen molar-refractivity contribution in [2.75, 3.05) is 0 Å². The lowest BCUT2D eigenvalue weighted by molar-refractivity contribution is 0.874. The SMILES string of the molecule is BrCc1cc(-n2cccn2)ccn1. The number of pyridine rings is 1. The summed E-state index contributed by atoms with van der Waals surface area (Å²) >= 11 is 3.36. The van der Waals surface area contributed by atoms with Gasteiger partial charge in [0.25, 0.3) is 0 Å². The van der Waals surface area contributed by atoms with Crippen molar-refractivity contribution in [3.63, 3.8) is 0 Å². The maximum atomic E-state index is 4.18. The van der Waals surface area contributed by atoms with E-state index < -0.39 is 0 Å². The smallest absolute Gasteiger partial charge is 0.0679 e. The molecule has 0 fully saturated rings. The van der Waals surface area contributed by atoms with Crippen LogP contribution in [0.1, 0.15) is 5.69 Å². The van der Waals surface area contributed by atoms with E-state index >= 15 is 0 Å². The molecule has 0 atom stereocenters. The molecule has 0 aliphatic rings. The predicted octanol–water partition coefficient (Wildman–Crippen LogP) is 2.16. The molecule has 0 N–H and O–H groups in total. The highest BCUT2D eigenvalue weighted by Crippen LogP contribution is 2.08. The van der Waals surface area contributed by atoms with Crippen molar-refractivity contribution in [1.82, 2.24) is 14.8 Å². The van der Waals surface area contributed by atoms with Gasteiger partial charge >= 0.3 is 0 Å². The zero-order valence-corrected chi connectivity index (χ0v) is 8.48. The van der Waals surface area contributed by atoms with E-state index in [-0.39, 0.29) is 0 Å². The fraction of sp³-hybridized carbons (Fsp3) is 0.111. The maximum Gasteiger partial charge on any atom is 0.0679 e. The molecular formula is C9H8BrN3. The van der Waals surface area contributed by atoms with E-state index in [1.54, 1.807) is 12.4 Å². The lowest BCUT2D eigenvalue weighted by atomic mass is 10.3. The third kappa shape index (κ3) is 1.78. The second-order valence-electron chi connectivity index (χ2n) is 2.59. The summed E-state index contributed by atoms with van der Waals surface area (Å²) < 4.78 is 1.81. The van der Waals surface area contributed by atoms with Gasteiger partial charge in [0.1, 0.15) is 0 Å². The van der Waals surface area contributed by atoms with Crippen molar-refractivity contribution in [2.24, 2.45) is 0 Å². The third-order valence-corrected chi connectivity index (χ3v) is 2.28. The molecule has 66 valence electrons. The molecule has 0 bridgehead atoms. The van der Waals surface area contributed by atoms with Crippen LogP contribution in [0.25, 0.3) is 5.69 Å². The molecule has 4 heteroatoms. The van der Waals surface area contributed by atoms with Crippen LogP contribution in [0.5, 0.6) is 0 Å². The Bertz CT molecular complexity index is 384. The first-order valence-electron chi connectivity index (χ1n) is 3.91. The Morgan fingerprint density at radius 2 is 2.31 bits per heavy atom. The second-order valence-corrected chi connectivity index (χ2v) is 3.15. The molecule has 0 aliphatic heterocycles. The lowest BCUT2D eigenvalue weighted by Crippen LogP contribution is -1.95. The number of rotatable bonds is 2. The van der Waals surface area contributed by atoms with Gasteiger partial charge in [0.05, 0.1) is 11.4 Å². The summed E-state index contributed by atoms with van der Waals surface area (Å²) in [5.74, 6) is 0. The van der Waals surface area contributed by atoms with Gasteiger partial charge in [-0.2, -0.15) is 5.10 Å². The minimum Gasteiger partial charge on any atom is -0.260 e. The Balaban J connectivity index is 2.41. The average Bonchev–Trinajstić information content (AvgIpc) is 2.71. The van der Waals surface area contributed by atoms with Gasteiger partial charge in [0.2, 0.25) is 0 Å². The molecule has 0 unspecified atom stereocenters. The molecule has 0 spiro atoms. The number of alkyl halides is 1. The maximum absolute atomic E-state index is 4.18. The van der Waals surface area contributed by atoms with Gasteiger partial charge in [0.15, 0.2) is 0 Å². The van der Waals surface area contributed by atoms with E-state index in [0.29, 0.717) is 0 Å². The number of hydrogen-bond acceptors (Lipinski definition) is 2. The molecule has 13 heavy (non-hydrogen) atoms. The zero-order chi connectivity index (χ0) is 9.10. The first kappa shape index (κ1) is 8.44. The van der Waals surface area contributed by atoms with Crippen LogP contribution in [0.2, 0.25) is 0 Å². The van der Waals surface area contributed by atoms with Gasteiger partial charge in [-0.1, -0.05) is 15.9 Å². The number of aromatic nitrogens is 3. The molecule has 0 amide bonds. The molecular weight excluding hydrogens is 230 g/mol.